The number of carbonyl (C=O) groups is 1. The third-order valence-corrected chi connectivity index (χ3v) is 5.18. The molecule has 0 saturated heterocycles. The van der Waals surface area contributed by atoms with Gasteiger partial charge < -0.3 is 10.2 Å². The predicted octanol–water partition coefficient (Wildman–Crippen LogP) is 3.85. The van der Waals surface area contributed by atoms with E-state index >= 15 is 0 Å². The van der Waals surface area contributed by atoms with Gasteiger partial charge >= 0.3 is 6.18 Å². The SMILES string of the molecule is C=CC(=O)NC[C@@H]1CN(c2ccc(C(F)(F)F)cc2)c2cc(C3CC3)nn2C1. The van der Waals surface area contributed by atoms with Gasteiger partial charge in [-0.2, -0.15) is 18.3 Å². The summed E-state index contributed by atoms with van der Waals surface area (Å²) in [7, 11) is 0. The summed E-state index contributed by atoms with van der Waals surface area (Å²) in [6, 6.07) is 7.21. The van der Waals surface area contributed by atoms with Crippen molar-refractivity contribution in [2.24, 2.45) is 5.92 Å². The third kappa shape index (κ3) is 3.76. The van der Waals surface area contributed by atoms with E-state index in [1.807, 2.05) is 15.6 Å². The molecule has 148 valence electrons. The number of rotatable bonds is 5. The summed E-state index contributed by atoms with van der Waals surface area (Å²) in [5, 5.41) is 7.51. The van der Waals surface area contributed by atoms with Crippen molar-refractivity contribution in [1.82, 2.24) is 15.1 Å². The van der Waals surface area contributed by atoms with Crippen LogP contribution in [0.1, 0.15) is 30.0 Å². The first-order chi connectivity index (χ1) is 13.3. The molecule has 1 aromatic heterocycles. The maximum Gasteiger partial charge on any atom is 0.416 e. The molecule has 0 spiro atoms. The molecule has 0 bridgehead atoms. The average Bonchev–Trinajstić information content (AvgIpc) is 3.44. The van der Waals surface area contributed by atoms with Crippen LogP contribution < -0.4 is 10.2 Å². The molecule has 0 unspecified atom stereocenters. The van der Waals surface area contributed by atoms with E-state index in [1.54, 1.807) is 0 Å². The molecule has 1 aromatic carbocycles. The molecule has 0 radical (unpaired) electrons. The van der Waals surface area contributed by atoms with Crippen LogP contribution in [0.4, 0.5) is 24.7 Å². The van der Waals surface area contributed by atoms with E-state index in [1.165, 1.54) is 18.2 Å². The largest absolute Gasteiger partial charge is 0.416 e. The lowest BCUT2D eigenvalue weighted by Gasteiger charge is -2.35. The van der Waals surface area contributed by atoms with Crippen LogP contribution in [0.25, 0.3) is 0 Å². The van der Waals surface area contributed by atoms with Gasteiger partial charge in [-0.1, -0.05) is 6.58 Å². The zero-order chi connectivity index (χ0) is 19.9. The molecular weight excluding hydrogens is 369 g/mol. The quantitative estimate of drug-likeness (QED) is 0.789. The maximum atomic E-state index is 12.9. The van der Waals surface area contributed by atoms with E-state index in [4.69, 9.17) is 5.10 Å². The lowest BCUT2D eigenvalue weighted by atomic mass is 10.1. The Balaban J connectivity index is 1.62. The van der Waals surface area contributed by atoms with Gasteiger partial charge in [0.05, 0.1) is 11.3 Å². The first-order valence-electron chi connectivity index (χ1n) is 9.28. The number of carbonyl (C=O) groups excluding carboxylic acids is 1. The monoisotopic (exact) mass is 390 g/mol. The molecule has 8 heteroatoms. The fourth-order valence-corrected chi connectivity index (χ4v) is 3.52. The fourth-order valence-electron chi connectivity index (χ4n) is 3.52. The highest BCUT2D eigenvalue weighted by Gasteiger charge is 2.33. The normalized spacial score (nSPS) is 19.2. The number of aromatic nitrogens is 2. The summed E-state index contributed by atoms with van der Waals surface area (Å²) >= 11 is 0. The van der Waals surface area contributed by atoms with Gasteiger partial charge in [0.25, 0.3) is 0 Å². The van der Waals surface area contributed by atoms with Crippen molar-refractivity contribution >= 4 is 17.4 Å². The van der Waals surface area contributed by atoms with E-state index in [9.17, 15) is 18.0 Å². The fraction of sp³-hybridized carbons (Fsp3) is 0.400. The van der Waals surface area contributed by atoms with Gasteiger partial charge in [0.1, 0.15) is 5.82 Å². The van der Waals surface area contributed by atoms with Gasteiger partial charge in [0, 0.05) is 43.2 Å². The Kier molecular flexibility index (Phi) is 4.64. The third-order valence-electron chi connectivity index (χ3n) is 5.18. The summed E-state index contributed by atoms with van der Waals surface area (Å²) in [6.07, 6.45) is -0.898. The van der Waals surface area contributed by atoms with Crippen LogP contribution >= 0.6 is 0 Å². The average molecular weight is 390 g/mol. The number of nitrogens with zero attached hydrogens (tertiary/aromatic N) is 3. The summed E-state index contributed by atoms with van der Waals surface area (Å²) in [5.41, 5.74) is 1.04. The Morgan fingerprint density at radius 1 is 1.25 bits per heavy atom. The second-order valence-corrected chi connectivity index (χ2v) is 7.35. The molecule has 4 rings (SSSR count). The van der Waals surface area contributed by atoms with Crippen LogP contribution in [0.2, 0.25) is 0 Å². The number of hydrogen-bond donors (Lipinski definition) is 1. The van der Waals surface area contributed by atoms with Crippen LogP contribution in [0.3, 0.4) is 0 Å². The number of hydrogen-bond acceptors (Lipinski definition) is 3. The molecule has 2 heterocycles. The van der Waals surface area contributed by atoms with Crippen molar-refractivity contribution < 1.29 is 18.0 Å². The number of anilines is 2. The molecule has 1 saturated carbocycles. The Bertz CT molecular complexity index is 884. The molecule has 1 aliphatic heterocycles. The molecule has 1 aliphatic carbocycles. The van der Waals surface area contributed by atoms with Crippen molar-refractivity contribution in [2.45, 2.75) is 31.5 Å². The molecule has 1 atom stereocenters. The summed E-state index contributed by atoms with van der Waals surface area (Å²) in [6.45, 7) is 5.12. The van der Waals surface area contributed by atoms with Gasteiger partial charge in [-0.3, -0.25) is 4.79 Å². The zero-order valence-corrected chi connectivity index (χ0v) is 15.2. The lowest BCUT2D eigenvalue weighted by Crippen LogP contribution is -2.41. The van der Waals surface area contributed by atoms with Gasteiger partial charge in [-0.15, -0.1) is 0 Å². The minimum Gasteiger partial charge on any atom is -0.352 e. The van der Waals surface area contributed by atoms with Crippen LogP contribution in [0.5, 0.6) is 0 Å². The molecule has 28 heavy (non-hydrogen) atoms. The Morgan fingerprint density at radius 3 is 2.57 bits per heavy atom. The number of amides is 1. The number of alkyl halides is 3. The number of nitrogens with one attached hydrogen (secondary N) is 1. The Labute approximate surface area is 160 Å². The van der Waals surface area contributed by atoms with E-state index < -0.39 is 11.7 Å². The Hall–Kier alpha value is -2.77. The summed E-state index contributed by atoms with van der Waals surface area (Å²) in [5.74, 6) is 1.19. The maximum absolute atomic E-state index is 12.9. The molecule has 2 aliphatic rings. The van der Waals surface area contributed by atoms with Crippen molar-refractivity contribution in [1.29, 1.82) is 0 Å². The standard InChI is InChI=1S/C20H21F3N4O/c1-2-18(28)24-10-13-11-26(16-7-5-15(6-8-16)20(21,22)23)19-9-17(14-3-4-14)25-27(19)12-13/h2,5-9,13-14H,1,3-4,10-12H2,(H,24,28)/t13-/m1/s1. The number of benzene rings is 1. The zero-order valence-electron chi connectivity index (χ0n) is 15.2. The van der Waals surface area contributed by atoms with Crippen molar-refractivity contribution in [3.8, 4) is 0 Å². The van der Waals surface area contributed by atoms with Crippen LogP contribution in [0, 0.1) is 5.92 Å². The second-order valence-electron chi connectivity index (χ2n) is 7.35. The first-order valence-corrected chi connectivity index (χ1v) is 9.28. The number of halogens is 3. The van der Waals surface area contributed by atoms with Gasteiger partial charge in [0.2, 0.25) is 5.91 Å². The highest BCUT2D eigenvalue weighted by atomic mass is 19.4. The highest BCUT2D eigenvalue weighted by molar-refractivity contribution is 5.86. The van der Waals surface area contributed by atoms with Gasteiger partial charge in [0.15, 0.2) is 0 Å². The molecule has 2 aromatic rings. The lowest BCUT2D eigenvalue weighted by molar-refractivity contribution is -0.137. The van der Waals surface area contributed by atoms with E-state index in [0.717, 1.165) is 36.5 Å². The van der Waals surface area contributed by atoms with Crippen LogP contribution in [-0.4, -0.2) is 28.8 Å². The van der Waals surface area contributed by atoms with Crippen molar-refractivity contribution in [3.63, 3.8) is 0 Å². The van der Waals surface area contributed by atoms with E-state index in [-0.39, 0.29) is 11.8 Å². The molecule has 1 fully saturated rings. The number of fused-ring (bicyclic) bond motifs is 1. The highest BCUT2D eigenvalue weighted by Crippen LogP contribution is 2.42. The minimum absolute atomic E-state index is 0.0747. The molecule has 1 N–H and O–H groups in total. The van der Waals surface area contributed by atoms with Gasteiger partial charge in [-0.05, 0) is 43.2 Å². The second kappa shape index (κ2) is 7.00. The molecule has 5 nitrogen and oxygen atoms in total. The predicted molar refractivity (Wildman–Crippen MR) is 99.3 cm³/mol. The molecular formula is C20H21F3N4O. The topological polar surface area (TPSA) is 50.2 Å². The smallest absolute Gasteiger partial charge is 0.352 e. The van der Waals surface area contributed by atoms with Gasteiger partial charge in [-0.25, -0.2) is 4.68 Å². The Morgan fingerprint density at radius 2 is 1.96 bits per heavy atom. The van der Waals surface area contributed by atoms with Crippen molar-refractivity contribution in [3.05, 3.63) is 54.2 Å². The van der Waals surface area contributed by atoms with E-state index in [0.29, 0.717) is 31.2 Å². The summed E-state index contributed by atoms with van der Waals surface area (Å²) in [4.78, 5) is 13.5. The van der Waals surface area contributed by atoms with E-state index in [2.05, 4.69) is 11.9 Å². The first kappa shape index (κ1) is 18.6. The van der Waals surface area contributed by atoms with Crippen LogP contribution in [0.15, 0.2) is 43.0 Å². The molecule has 1 amide bonds. The van der Waals surface area contributed by atoms with Crippen molar-refractivity contribution in [2.75, 3.05) is 18.0 Å². The summed E-state index contributed by atoms with van der Waals surface area (Å²) < 4.78 is 40.6. The van der Waals surface area contributed by atoms with Crippen LogP contribution in [-0.2, 0) is 17.5 Å². The minimum atomic E-state index is -4.36.